The van der Waals surface area contributed by atoms with Gasteiger partial charge in [0.1, 0.15) is 0 Å². The van der Waals surface area contributed by atoms with Gasteiger partial charge in [0.2, 0.25) is 5.91 Å². The molecule has 1 amide bonds. The first-order chi connectivity index (χ1) is 9.42. The van der Waals surface area contributed by atoms with Gasteiger partial charge in [0.25, 0.3) is 0 Å². The average molecular weight is 301 g/mol. The number of nitrogens with one attached hydrogen (secondary N) is 1. The SMILES string of the molecule is O=C1Nc2c(cccc2C(F)(F)F)SCC12CCCC2. The van der Waals surface area contributed by atoms with Crippen LogP contribution in [0.4, 0.5) is 18.9 Å². The Morgan fingerprint density at radius 3 is 2.55 bits per heavy atom. The average Bonchev–Trinajstić information content (AvgIpc) is 2.80. The number of halogens is 3. The molecule has 1 saturated carbocycles. The summed E-state index contributed by atoms with van der Waals surface area (Å²) >= 11 is 1.36. The van der Waals surface area contributed by atoms with Crippen molar-refractivity contribution < 1.29 is 18.0 Å². The van der Waals surface area contributed by atoms with Gasteiger partial charge >= 0.3 is 6.18 Å². The number of rotatable bonds is 0. The molecule has 108 valence electrons. The highest BCUT2D eigenvalue weighted by Gasteiger charge is 2.44. The quantitative estimate of drug-likeness (QED) is 0.773. The van der Waals surface area contributed by atoms with Gasteiger partial charge in [-0.3, -0.25) is 4.79 Å². The molecule has 0 aromatic heterocycles. The second kappa shape index (κ2) is 4.69. The fourth-order valence-corrected chi connectivity index (χ4v) is 4.30. The molecule has 0 bridgehead atoms. The Hall–Kier alpha value is -1.17. The van der Waals surface area contributed by atoms with Crippen molar-refractivity contribution >= 4 is 23.4 Å². The van der Waals surface area contributed by atoms with E-state index in [-0.39, 0.29) is 11.6 Å². The molecule has 1 aromatic rings. The van der Waals surface area contributed by atoms with Crippen molar-refractivity contribution in [2.24, 2.45) is 5.41 Å². The number of carbonyl (C=O) groups is 1. The highest BCUT2D eigenvalue weighted by Crippen LogP contribution is 2.49. The van der Waals surface area contributed by atoms with Crippen LogP contribution in [0.2, 0.25) is 0 Å². The van der Waals surface area contributed by atoms with Crippen LogP contribution >= 0.6 is 11.8 Å². The molecule has 20 heavy (non-hydrogen) atoms. The van der Waals surface area contributed by atoms with Gasteiger partial charge in [-0.2, -0.15) is 13.2 Å². The number of amides is 1. The second-order valence-electron chi connectivity index (χ2n) is 5.41. The number of benzene rings is 1. The third kappa shape index (κ3) is 2.20. The number of hydrogen-bond donors (Lipinski definition) is 1. The zero-order valence-corrected chi connectivity index (χ0v) is 11.5. The maximum absolute atomic E-state index is 13.0. The van der Waals surface area contributed by atoms with Crippen molar-refractivity contribution in [2.75, 3.05) is 11.1 Å². The summed E-state index contributed by atoms with van der Waals surface area (Å²) in [4.78, 5) is 12.9. The number of anilines is 1. The fraction of sp³-hybridized carbons (Fsp3) is 0.500. The van der Waals surface area contributed by atoms with Gasteiger partial charge in [-0.1, -0.05) is 18.9 Å². The lowest BCUT2D eigenvalue weighted by Gasteiger charge is -2.24. The Morgan fingerprint density at radius 1 is 1.20 bits per heavy atom. The number of fused-ring (bicyclic) bond motifs is 1. The molecule has 0 unspecified atom stereocenters. The molecule has 1 N–H and O–H groups in total. The summed E-state index contributed by atoms with van der Waals surface area (Å²) in [5.74, 6) is 0.311. The summed E-state index contributed by atoms with van der Waals surface area (Å²) in [5.41, 5.74) is -1.32. The molecule has 2 nitrogen and oxygen atoms in total. The van der Waals surface area contributed by atoms with Gasteiger partial charge in [-0.05, 0) is 25.0 Å². The molecule has 1 aliphatic carbocycles. The van der Waals surface area contributed by atoms with Crippen molar-refractivity contribution in [3.05, 3.63) is 23.8 Å². The van der Waals surface area contributed by atoms with E-state index < -0.39 is 17.2 Å². The maximum Gasteiger partial charge on any atom is 0.418 e. The Balaban J connectivity index is 2.03. The van der Waals surface area contributed by atoms with E-state index in [1.807, 2.05) is 0 Å². The van der Waals surface area contributed by atoms with Crippen molar-refractivity contribution in [2.45, 2.75) is 36.8 Å². The predicted molar refractivity (Wildman–Crippen MR) is 71.7 cm³/mol. The smallest absolute Gasteiger partial charge is 0.324 e. The van der Waals surface area contributed by atoms with E-state index in [2.05, 4.69) is 5.32 Å². The molecule has 6 heteroatoms. The van der Waals surface area contributed by atoms with E-state index in [9.17, 15) is 18.0 Å². The monoisotopic (exact) mass is 301 g/mol. The number of alkyl halides is 3. The first-order valence-electron chi connectivity index (χ1n) is 6.57. The lowest BCUT2D eigenvalue weighted by atomic mass is 9.87. The van der Waals surface area contributed by atoms with Gasteiger partial charge in [0.15, 0.2) is 0 Å². The first kappa shape index (κ1) is 13.8. The Kier molecular flexibility index (Phi) is 3.23. The lowest BCUT2D eigenvalue weighted by Crippen LogP contribution is -2.35. The van der Waals surface area contributed by atoms with Crippen LogP contribution in [0.25, 0.3) is 0 Å². The molecule has 2 aliphatic rings. The molecular weight excluding hydrogens is 287 g/mol. The third-order valence-electron chi connectivity index (χ3n) is 4.12. The van der Waals surface area contributed by atoms with Crippen LogP contribution in [0.3, 0.4) is 0 Å². The minimum atomic E-state index is -4.45. The largest absolute Gasteiger partial charge is 0.418 e. The van der Waals surface area contributed by atoms with E-state index in [1.54, 1.807) is 6.07 Å². The number of thioether (sulfide) groups is 1. The Labute approximate surface area is 119 Å². The fourth-order valence-electron chi connectivity index (χ4n) is 2.97. The zero-order valence-electron chi connectivity index (χ0n) is 10.7. The van der Waals surface area contributed by atoms with Crippen molar-refractivity contribution in [1.82, 2.24) is 0 Å². The Bertz CT molecular complexity index is 550. The summed E-state index contributed by atoms with van der Waals surface area (Å²) in [7, 11) is 0. The molecule has 0 radical (unpaired) electrons. The third-order valence-corrected chi connectivity index (χ3v) is 5.46. The molecule has 1 aliphatic heterocycles. The van der Waals surface area contributed by atoms with Crippen LogP contribution < -0.4 is 5.32 Å². The van der Waals surface area contributed by atoms with Crippen LogP contribution in [-0.2, 0) is 11.0 Å². The van der Waals surface area contributed by atoms with Gasteiger partial charge in [-0.25, -0.2) is 0 Å². The molecule has 0 saturated heterocycles. The van der Waals surface area contributed by atoms with Gasteiger partial charge in [-0.15, -0.1) is 11.8 Å². The summed E-state index contributed by atoms with van der Waals surface area (Å²) in [5, 5.41) is 2.55. The Morgan fingerprint density at radius 2 is 1.90 bits per heavy atom. The predicted octanol–water partition coefficient (Wildman–Crippen LogP) is 4.31. The van der Waals surface area contributed by atoms with Crippen molar-refractivity contribution in [3.8, 4) is 0 Å². The van der Waals surface area contributed by atoms with Crippen LogP contribution in [0.1, 0.15) is 31.2 Å². The maximum atomic E-state index is 13.0. The van der Waals surface area contributed by atoms with Crippen LogP contribution in [0.15, 0.2) is 23.1 Å². The van der Waals surface area contributed by atoms with Crippen LogP contribution in [-0.4, -0.2) is 11.7 Å². The van der Waals surface area contributed by atoms with E-state index >= 15 is 0 Å². The van der Waals surface area contributed by atoms with E-state index in [0.29, 0.717) is 10.6 Å². The molecule has 1 fully saturated rings. The topological polar surface area (TPSA) is 29.1 Å². The van der Waals surface area contributed by atoms with Crippen molar-refractivity contribution in [1.29, 1.82) is 0 Å². The summed E-state index contributed by atoms with van der Waals surface area (Å²) < 4.78 is 39.1. The molecular formula is C14H14F3NOS. The van der Waals surface area contributed by atoms with E-state index in [0.717, 1.165) is 31.7 Å². The first-order valence-corrected chi connectivity index (χ1v) is 7.55. The number of hydrogen-bond acceptors (Lipinski definition) is 2. The molecule has 3 rings (SSSR count). The van der Waals surface area contributed by atoms with Gasteiger partial charge in [0, 0.05) is 10.6 Å². The lowest BCUT2D eigenvalue weighted by molar-refractivity contribution is -0.137. The molecule has 1 aromatic carbocycles. The van der Waals surface area contributed by atoms with Crippen LogP contribution in [0.5, 0.6) is 0 Å². The second-order valence-corrected chi connectivity index (χ2v) is 6.42. The summed E-state index contributed by atoms with van der Waals surface area (Å²) in [6.07, 6.45) is -0.985. The minimum absolute atomic E-state index is 0.0706. The summed E-state index contributed by atoms with van der Waals surface area (Å²) in [6.45, 7) is 0. The molecule has 0 atom stereocenters. The standard InChI is InChI=1S/C14H14F3NOS/c15-14(16,17)9-4-3-5-10-11(9)18-12(19)13(8-20-10)6-1-2-7-13/h3-5H,1-2,6-8H2,(H,18,19). The normalized spacial score (nSPS) is 21.4. The number of carbonyl (C=O) groups excluding carboxylic acids is 1. The number of para-hydroxylation sites is 1. The summed E-state index contributed by atoms with van der Waals surface area (Å²) in [6, 6.07) is 4.06. The van der Waals surface area contributed by atoms with Crippen LogP contribution in [0, 0.1) is 5.41 Å². The van der Waals surface area contributed by atoms with E-state index in [1.165, 1.54) is 17.8 Å². The zero-order chi connectivity index (χ0) is 14.4. The van der Waals surface area contributed by atoms with Gasteiger partial charge in [0.05, 0.1) is 16.7 Å². The highest BCUT2D eigenvalue weighted by molar-refractivity contribution is 7.99. The highest BCUT2D eigenvalue weighted by atomic mass is 32.2. The molecule has 1 heterocycles. The molecule has 1 spiro atoms. The van der Waals surface area contributed by atoms with Crippen molar-refractivity contribution in [3.63, 3.8) is 0 Å². The van der Waals surface area contributed by atoms with E-state index in [4.69, 9.17) is 0 Å². The van der Waals surface area contributed by atoms with Gasteiger partial charge < -0.3 is 5.32 Å². The minimum Gasteiger partial charge on any atom is -0.324 e.